The van der Waals surface area contributed by atoms with Gasteiger partial charge < -0.3 is 4.57 Å². The zero-order chi connectivity index (χ0) is 24.7. The summed E-state index contributed by atoms with van der Waals surface area (Å²) in [6.07, 6.45) is -3.71. The van der Waals surface area contributed by atoms with E-state index in [1.54, 1.807) is 23.7 Å². The van der Waals surface area contributed by atoms with Crippen LogP contribution < -0.4 is 5.56 Å². The minimum atomic E-state index is -4.46. The summed E-state index contributed by atoms with van der Waals surface area (Å²) in [5.41, 5.74) is 2.51. The standard InChI is InChI=1S/C26H20F4N4O/c1-33-22-5-3-2-4-21(22)31-25(33)34-24(35)20(15-8-16-6-13-19(27)14-7-16)23(32-34)17-9-11-18(12-10-17)26(28,29)30/h2-7,9-14,32H,8,15H2,1H3. The van der Waals surface area contributed by atoms with E-state index in [0.717, 1.165) is 23.2 Å². The molecule has 1 N–H and O–H groups in total. The molecule has 0 unspecified atom stereocenters. The quantitative estimate of drug-likeness (QED) is 0.330. The van der Waals surface area contributed by atoms with Gasteiger partial charge in [0.25, 0.3) is 5.56 Å². The van der Waals surface area contributed by atoms with Gasteiger partial charge in [-0.15, -0.1) is 0 Å². The maximum Gasteiger partial charge on any atom is 0.416 e. The van der Waals surface area contributed by atoms with Crippen molar-refractivity contribution in [3.05, 3.63) is 106 Å². The molecule has 0 saturated carbocycles. The number of H-pyrrole nitrogens is 1. The lowest BCUT2D eigenvalue weighted by atomic mass is 10.0. The molecule has 35 heavy (non-hydrogen) atoms. The highest BCUT2D eigenvalue weighted by Crippen LogP contribution is 2.31. The van der Waals surface area contributed by atoms with Crippen molar-refractivity contribution >= 4 is 11.0 Å². The molecule has 3 aromatic carbocycles. The second-order valence-corrected chi connectivity index (χ2v) is 8.27. The molecule has 0 saturated heterocycles. The third-order valence-corrected chi connectivity index (χ3v) is 6.03. The molecule has 0 amide bonds. The van der Waals surface area contributed by atoms with Gasteiger partial charge in [-0.3, -0.25) is 9.89 Å². The Hall–Kier alpha value is -4.14. The molecule has 0 spiro atoms. The van der Waals surface area contributed by atoms with Crippen LogP contribution in [0.3, 0.4) is 0 Å². The number of alkyl halides is 3. The molecule has 0 aliphatic heterocycles. The average Bonchev–Trinajstić information content (AvgIpc) is 3.35. The first-order valence-electron chi connectivity index (χ1n) is 10.9. The highest BCUT2D eigenvalue weighted by atomic mass is 19.4. The van der Waals surface area contributed by atoms with Crippen molar-refractivity contribution in [2.45, 2.75) is 19.0 Å². The third-order valence-electron chi connectivity index (χ3n) is 6.03. The van der Waals surface area contributed by atoms with Crippen LogP contribution in [0, 0.1) is 5.82 Å². The number of fused-ring (bicyclic) bond motifs is 1. The van der Waals surface area contributed by atoms with E-state index in [4.69, 9.17) is 0 Å². The SMILES string of the molecule is Cn1c(-n2[nH]c(-c3ccc(C(F)(F)F)cc3)c(CCc3ccc(F)cc3)c2=O)nc2ccccc21. The maximum atomic E-state index is 13.5. The van der Waals surface area contributed by atoms with Crippen LogP contribution in [0.1, 0.15) is 16.7 Å². The number of nitrogens with one attached hydrogen (secondary N) is 1. The van der Waals surface area contributed by atoms with Crippen LogP contribution in [0.15, 0.2) is 77.6 Å². The van der Waals surface area contributed by atoms with E-state index in [1.165, 1.54) is 28.9 Å². The number of aromatic nitrogens is 4. The van der Waals surface area contributed by atoms with Crippen LogP contribution >= 0.6 is 0 Å². The summed E-state index contributed by atoms with van der Waals surface area (Å²) in [6.45, 7) is 0. The van der Waals surface area contributed by atoms with Gasteiger partial charge in [0.05, 0.1) is 22.3 Å². The fraction of sp³-hybridized carbons (Fsp3) is 0.154. The van der Waals surface area contributed by atoms with Crippen molar-refractivity contribution in [1.29, 1.82) is 0 Å². The van der Waals surface area contributed by atoms with Crippen LogP contribution in [0.5, 0.6) is 0 Å². The molecular formula is C26H20F4N4O. The van der Waals surface area contributed by atoms with E-state index in [9.17, 15) is 22.4 Å². The average molecular weight is 480 g/mol. The Bertz CT molecular complexity index is 1560. The fourth-order valence-electron chi connectivity index (χ4n) is 4.16. The number of imidazole rings is 1. The molecule has 2 heterocycles. The summed E-state index contributed by atoms with van der Waals surface area (Å²) in [5.74, 6) is 0.00226. The molecule has 5 aromatic rings. The first-order valence-corrected chi connectivity index (χ1v) is 10.9. The van der Waals surface area contributed by atoms with Gasteiger partial charge in [-0.25, -0.2) is 9.37 Å². The highest BCUT2D eigenvalue weighted by Gasteiger charge is 2.30. The predicted octanol–water partition coefficient (Wildman–Crippen LogP) is 5.66. The molecular weight excluding hydrogens is 460 g/mol. The Morgan fingerprint density at radius 3 is 2.26 bits per heavy atom. The minimum absolute atomic E-state index is 0.300. The Balaban J connectivity index is 1.61. The van der Waals surface area contributed by atoms with Gasteiger partial charge in [-0.1, -0.05) is 36.4 Å². The van der Waals surface area contributed by atoms with Crippen LogP contribution in [-0.4, -0.2) is 19.3 Å². The largest absolute Gasteiger partial charge is 0.416 e. The molecule has 0 fully saturated rings. The molecule has 0 bridgehead atoms. The van der Waals surface area contributed by atoms with Gasteiger partial charge in [-0.05, 0) is 60.4 Å². The lowest BCUT2D eigenvalue weighted by Gasteiger charge is -2.08. The summed E-state index contributed by atoms with van der Waals surface area (Å²) < 4.78 is 55.6. The minimum Gasteiger partial charge on any atom is -0.311 e. The van der Waals surface area contributed by atoms with Crippen LogP contribution in [0.4, 0.5) is 17.6 Å². The molecule has 0 aliphatic carbocycles. The van der Waals surface area contributed by atoms with E-state index >= 15 is 0 Å². The Kier molecular flexibility index (Phi) is 5.55. The summed E-state index contributed by atoms with van der Waals surface area (Å²) in [6, 6.07) is 18.1. The molecule has 0 radical (unpaired) electrons. The predicted molar refractivity (Wildman–Crippen MR) is 125 cm³/mol. The van der Waals surface area contributed by atoms with Gasteiger partial charge in [0.15, 0.2) is 0 Å². The number of aryl methyl sites for hydroxylation is 2. The lowest BCUT2D eigenvalue weighted by Crippen LogP contribution is -2.20. The van der Waals surface area contributed by atoms with Crippen molar-refractivity contribution in [2.75, 3.05) is 0 Å². The zero-order valence-electron chi connectivity index (χ0n) is 18.6. The summed E-state index contributed by atoms with van der Waals surface area (Å²) in [7, 11) is 1.79. The summed E-state index contributed by atoms with van der Waals surface area (Å²) >= 11 is 0. The van der Waals surface area contributed by atoms with Gasteiger partial charge >= 0.3 is 6.18 Å². The zero-order valence-corrected chi connectivity index (χ0v) is 18.6. The van der Waals surface area contributed by atoms with E-state index in [2.05, 4.69) is 10.1 Å². The number of nitrogens with zero attached hydrogens (tertiary/aromatic N) is 3. The van der Waals surface area contributed by atoms with E-state index in [1.807, 2.05) is 24.3 Å². The number of halogens is 4. The molecule has 5 rings (SSSR count). The van der Waals surface area contributed by atoms with Gasteiger partial charge in [0.1, 0.15) is 5.82 Å². The summed E-state index contributed by atoms with van der Waals surface area (Å²) in [5, 5.41) is 3.07. The van der Waals surface area contributed by atoms with Gasteiger partial charge in [0.2, 0.25) is 5.95 Å². The fourth-order valence-corrected chi connectivity index (χ4v) is 4.16. The number of hydrogen-bond donors (Lipinski definition) is 1. The normalized spacial score (nSPS) is 11.9. The van der Waals surface area contributed by atoms with Crippen LogP contribution in [-0.2, 0) is 26.1 Å². The third kappa shape index (κ3) is 4.25. The number of para-hydroxylation sites is 2. The number of aromatic amines is 1. The molecule has 0 atom stereocenters. The molecule has 5 nitrogen and oxygen atoms in total. The number of benzene rings is 3. The molecule has 178 valence electrons. The first kappa shape index (κ1) is 22.6. The second kappa shape index (κ2) is 8.57. The molecule has 2 aromatic heterocycles. The first-order chi connectivity index (χ1) is 16.7. The Morgan fingerprint density at radius 1 is 0.914 bits per heavy atom. The van der Waals surface area contributed by atoms with E-state index in [-0.39, 0.29) is 11.4 Å². The van der Waals surface area contributed by atoms with E-state index < -0.39 is 11.7 Å². The Morgan fingerprint density at radius 2 is 1.60 bits per heavy atom. The summed E-state index contributed by atoms with van der Waals surface area (Å²) in [4.78, 5) is 18.1. The van der Waals surface area contributed by atoms with Crippen LogP contribution in [0.25, 0.3) is 28.2 Å². The number of hydrogen-bond acceptors (Lipinski definition) is 2. The molecule has 0 aliphatic rings. The monoisotopic (exact) mass is 480 g/mol. The van der Waals surface area contributed by atoms with E-state index in [0.29, 0.717) is 41.1 Å². The lowest BCUT2D eigenvalue weighted by molar-refractivity contribution is -0.137. The van der Waals surface area contributed by atoms with Crippen LogP contribution in [0.2, 0.25) is 0 Å². The smallest absolute Gasteiger partial charge is 0.311 e. The van der Waals surface area contributed by atoms with Gasteiger partial charge in [-0.2, -0.15) is 17.9 Å². The van der Waals surface area contributed by atoms with Crippen molar-refractivity contribution in [3.63, 3.8) is 0 Å². The molecule has 9 heteroatoms. The van der Waals surface area contributed by atoms with Crippen molar-refractivity contribution < 1.29 is 17.6 Å². The van der Waals surface area contributed by atoms with Crippen molar-refractivity contribution in [3.8, 4) is 17.2 Å². The highest BCUT2D eigenvalue weighted by molar-refractivity contribution is 5.77. The second-order valence-electron chi connectivity index (χ2n) is 8.27. The van der Waals surface area contributed by atoms with Gasteiger partial charge in [0, 0.05) is 12.6 Å². The number of rotatable bonds is 5. The Labute approximate surface area is 197 Å². The van der Waals surface area contributed by atoms with Crippen molar-refractivity contribution in [1.82, 2.24) is 19.3 Å². The van der Waals surface area contributed by atoms with Crippen molar-refractivity contribution in [2.24, 2.45) is 7.05 Å². The maximum absolute atomic E-state index is 13.5. The topological polar surface area (TPSA) is 55.6 Å².